The van der Waals surface area contributed by atoms with Crippen LogP contribution in [-0.4, -0.2) is 44.5 Å². The summed E-state index contributed by atoms with van der Waals surface area (Å²) in [4.78, 5) is 21.0. The summed E-state index contributed by atoms with van der Waals surface area (Å²) in [5.74, 6) is 3.57. The maximum atomic E-state index is 5.03. The van der Waals surface area contributed by atoms with Gasteiger partial charge in [0.05, 0.1) is 17.8 Å². The molecule has 35 heavy (non-hydrogen) atoms. The summed E-state index contributed by atoms with van der Waals surface area (Å²) >= 11 is 0. The normalized spacial score (nSPS) is 16.1. The Hall–Kier alpha value is -4.73. The van der Waals surface area contributed by atoms with Crippen LogP contribution in [-0.2, 0) is 0 Å². The van der Waals surface area contributed by atoms with Crippen molar-refractivity contribution in [3.63, 3.8) is 0 Å². The molecule has 7 rings (SSSR count). The van der Waals surface area contributed by atoms with Crippen molar-refractivity contribution in [1.29, 1.82) is 0 Å². The van der Waals surface area contributed by atoms with Gasteiger partial charge in [-0.2, -0.15) is 14.8 Å². The molecule has 1 aliphatic carbocycles. The Balaban J connectivity index is 1.43. The van der Waals surface area contributed by atoms with E-state index < -0.39 is 0 Å². The van der Waals surface area contributed by atoms with Crippen molar-refractivity contribution in [3.8, 4) is 23.0 Å². The van der Waals surface area contributed by atoms with Gasteiger partial charge in [-0.15, -0.1) is 10.2 Å². The molecule has 0 saturated carbocycles. The molecule has 0 spiro atoms. The second-order valence-electron chi connectivity index (χ2n) is 8.44. The molecule has 1 aliphatic heterocycles. The van der Waals surface area contributed by atoms with E-state index in [4.69, 9.17) is 9.97 Å². The molecular formula is C25H20N10. The zero-order chi connectivity index (χ0) is 23.5. The predicted molar refractivity (Wildman–Crippen MR) is 130 cm³/mol. The Bertz CT molecular complexity index is 1670. The van der Waals surface area contributed by atoms with Gasteiger partial charge in [0.1, 0.15) is 17.8 Å². The second-order valence-corrected chi connectivity index (χ2v) is 8.44. The van der Waals surface area contributed by atoms with E-state index in [0.717, 1.165) is 51.7 Å². The summed E-state index contributed by atoms with van der Waals surface area (Å²) in [6.45, 7) is 4.09. The Morgan fingerprint density at radius 3 is 2.77 bits per heavy atom. The first kappa shape index (κ1) is 19.7. The third-order valence-electron chi connectivity index (χ3n) is 6.49. The zero-order valence-corrected chi connectivity index (χ0v) is 19.1. The monoisotopic (exact) mass is 460 g/mol. The molecule has 10 nitrogen and oxygen atoms in total. The van der Waals surface area contributed by atoms with Gasteiger partial charge < -0.3 is 4.90 Å². The number of hydrogen-bond donors (Lipinski definition) is 0. The summed E-state index contributed by atoms with van der Waals surface area (Å²) < 4.78 is 3.73. The van der Waals surface area contributed by atoms with E-state index in [1.165, 1.54) is 6.33 Å². The molecule has 1 aromatic carbocycles. The first-order valence-electron chi connectivity index (χ1n) is 11.5. The van der Waals surface area contributed by atoms with Gasteiger partial charge in [-0.05, 0) is 37.6 Å². The standard InChI is InChI=1S/C25H20N10/c1-3-20-24-32-31-15(2)33(24)21-13-27-25(30-23(21)34(20)16-7-4-8-16)35-22(28-14-29-35)18-9-5-11-19-17(18)10-6-12-26-19/h4-14,20H,3H2,1-2H3. The van der Waals surface area contributed by atoms with E-state index in [2.05, 4.69) is 49.2 Å². The van der Waals surface area contributed by atoms with Gasteiger partial charge in [-0.25, -0.2) is 9.97 Å². The second kappa shape index (κ2) is 7.39. The number of benzene rings is 1. The van der Waals surface area contributed by atoms with Crippen LogP contribution >= 0.6 is 0 Å². The van der Waals surface area contributed by atoms with Crippen molar-refractivity contribution in [3.05, 3.63) is 84.6 Å². The van der Waals surface area contributed by atoms with Crippen LogP contribution in [0.2, 0.25) is 0 Å². The van der Waals surface area contributed by atoms with Crippen molar-refractivity contribution < 1.29 is 0 Å². The fourth-order valence-electron chi connectivity index (χ4n) is 4.83. The smallest absolute Gasteiger partial charge is 0.254 e. The lowest BCUT2D eigenvalue weighted by atomic mass is 10.0. The molecule has 0 saturated heterocycles. The minimum atomic E-state index is 0.00186. The van der Waals surface area contributed by atoms with Gasteiger partial charge in [0, 0.05) is 22.8 Å². The van der Waals surface area contributed by atoms with Crippen LogP contribution in [0.1, 0.15) is 31.0 Å². The molecule has 2 aliphatic rings. The molecule has 170 valence electrons. The van der Waals surface area contributed by atoms with Gasteiger partial charge in [0.15, 0.2) is 17.5 Å². The number of allylic oxidation sites excluding steroid dienone is 3. The SMILES string of the molecule is CCC1c2nnc(C)n2-c2cnc(-n3ncnc3-c3cccc4ncccc34)nc2N1C1=CC=C1. The van der Waals surface area contributed by atoms with Crippen molar-refractivity contribution >= 4 is 16.7 Å². The fourth-order valence-corrected chi connectivity index (χ4v) is 4.83. The van der Waals surface area contributed by atoms with E-state index in [-0.39, 0.29) is 6.04 Å². The van der Waals surface area contributed by atoms with Gasteiger partial charge in [0.2, 0.25) is 0 Å². The number of anilines is 1. The fraction of sp³-hybridized carbons (Fsp3) is 0.160. The Morgan fingerprint density at radius 2 is 1.94 bits per heavy atom. The number of aryl methyl sites for hydroxylation is 1. The highest BCUT2D eigenvalue weighted by molar-refractivity contribution is 5.92. The molecule has 0 radical (unpaired) electrons. The maximum Gasteiger partial charge on any atom is 0.254 e. The lowest BCUT2D eigenvalue weighted by Gasteiger charge is -2.38. The van der Waals surface area contributed by atoms with Crippen LogP contribution in [0.25, 0.3) is 33.9 Å². The van der Waals surface area contributed by atoms with E-state index >= 15 is 0 Å². The topological polar surface area (TPSA) is 103 Å². The molecule has 5 aromatic rings. The van der Waals surface area contributed by atoms with Gasteiger partial charge in [-0.3, -0.25) is 9.55 Å². The van der Waals surface area contributed by atoms with Gasteiger partial charge >= 0.3 is 0 Å². The number of nitrogens with zero attached hydrogens (tertiary/aromatic N) is 10. The molecule has 1 atom stereocenters. The number of hydrogen-bond acceptors (Lipinski definition) is 8. The van der Waals surface area contributed by atoms with Crippen LogP contribution in [0, 0.1) is 6.92 Å². The van der Waals surface area contributed by atoms with Crippen molar-refractivity contribution in [2.75, 3.05) is 4.90 Å². The highest BCUT2D eigenvalue weighted by Crippen LogP contribution is 2.42. The molecule has 0 fully saturated rings. The maximum absolute atomic E-state index is 5.03. The molecular weight excluding hydrogens is 440 g/mol. The highest BCUT2D eigenvalue weighted by Gasteiger charge is 2.37. The van der Waals surface area contributed by atoms with Gasteiger partial charge in [0.25, 0.3) is 5.95 Å². The Kier molecular flexibility index (Phi) is 4.16. The van der Waals surface area contributed by atoms with E-state index in [9.17, 15) is 0 Å². The predicted octanol–water partition coefficient (Wildman–Crippen LogP) is 3.89. The van der Waals surface area contributed by atoms with Crippen LogP contribution < -0.4 is 4.90 Å². The average molecular weight is 461 g/mol. The molecule has 1 unspecified atom stereocenters. The van der Waals surface area contributed by atoms with Gasteiger partial charge in [-0.1, -0.05) is 31.2 Å². The number of pyridine rings is 1. The summed E-state index contributed by atoms with van der Waals surface area (Å²) in [5, 5.41) is 14.3. The van der Waals surface area contributed by atoms with Crippen LogP contribution in [0.5, 0.6) is 0 Å². The summed E-state index contributed by atoms with van der Waals surface area (Å²) in [6, 6.07) is 9.92. The molecule has 0 N–H and O–H groups in total. The Morgan fingerprint density at radius 1 is 1.03 bits per heavy atom. The minimum Gasteiger partial charge on any atom is -0.314 e. The minimum absolute atomic E-state index is 0.00186. The Labute approximate surface area is 200 Å². The van der Waals surface area contributed by atoms with E-state index in [1.807, 2.05) is 54.1 Å². The average Bonchev–Trinajstić information content (AvgIpc) is 3.50. The van der Waals surface area contributed by atoms with Crippen molar-refractivity contribution in [2.45, 2.75) is 26.3 Å². The lowest BCUT2D eigenvalue weighted by Crippen LogP contribution is -2.36. The first-order chi connectivity index (χ1) is 17.2. The molecule has 5 heterocycles. The lowest BCUT2D eigenvalue weighted by molar-refractivity contribution is 0.572. The summed E-state index contributed by atoms with van der Waals surface area (Å²) in [7, 11) is 0. The third kappa shape index (κ3) is 2.79. The van der Waals surface area contributed by atoms with E-state index in [0.29, 0.717) is 11.8 Å². The quantitative estimate of drug-likeness (QED) is 0.398. The highest BCUT2D eigenvalue weighted by atomic mass is 15.4. The zero-order valence-electron chi connectivity index (χ0n) is 19.1. The number of rotatable bonds is 4. The van der Waals surface area contributed by atoms with Crippen LogP contribution in [0.3, 0.4) is 0 Å². The number of aromatic nitrogens is 9. The molecule has 4 aromatic heterocycles. The third-order valence-corrected chi connectivity index (χ3v) is 6.49. The van der Waals surface area contributed by atoms with E-state index in [1.54, 1.807) is 10.9 Å². The summed E-state index contributed by atoms with van der Waals surface area (Å²) in [5.41, 5.74) is 3.73. The van der Waals surface area contributed by atoms with Crippen molar-refractivity contribution in [1.82, 2.24) is 44.5 Å². The largest absolute Gasteiger partial charge is 0.314 e. The van der Waals surface area contributed by atoms with Crippen LogP contribution in [0.4, 0.5) is 5.82 Å². The molecule has 0 bridgehead atoms. The molecule has 0 amide bonds. The van der Waals surface area contributed by atoms with Crippen LogP contribution in [0.15, 0.2) is 73.0 Å². The first-order valence-corrected chi connectivity index (χ1v) is 11.5. The summed E-state index contributed by atoms with van der Waals surface area (Å²) in [6.07, 6.45) is 12.2. The molecule has 10 heteroatoms. The van der Waals surface area contributed by atoms with Crippen molar-refractivity contribution in [2.24, 2.45) is 0 Å². The number of fused-ring (bicyclic) bond motifs is 4.